The van der Waals surface area contributed by atoms with Crippen molar-refractivity contribution in [1.82, 2.24) is 44.9 Å². The van der Waals surface area contributed by atoms with E-state index in [9.17, 15) is 13.6 Å². The summed E-state index contributed by atoms with van der Waals surface area (Å²) in [6.45, 7) is 1.74. The standard InChI is InChI=1S/C19H14ClF2N9OS/c1-9(17-24-8-26-28-17)27-19(32)10-4-11(31-13(16(21)22)6-25-29-31)18-23-5-12(30(18)7-10)14-2-3-15(20)33-14/h2-9,16H,1H3,(H,27,32)(H,24,26,28). The molecule has 0 radical (unpaired) electrons. The molecule has 0 bridgehead atoms. The van der Waals surface area contributed by atoms with Crippen LogP contribution in [0.5, 0.6) is 0 Å². The number of amides is 1. The molecule has 5 heterocycles. The van der Waals surface area contributed by atoms with Gasteiger partial charge in [0.15, 0.2) is 5.65 Å². The van der Waals surface area contributed by atoms with Crippen molar-refractivity contribution in [2.45, 2.75) is 19.4 Å². The molecule has 5 aromatic rings. The fourth-order valence-corrected chi connectivity index (χ4v) is 4.38. The molecule has 0 aliphatic heterocycles. The van der Waals surface area contributed by atoms with Crippen LogP contribution in [0.4, 0.5) is 8.78 Å². The number of aromatic nitrogens is 8. The number of rotatable bonds is 6. The van der Waals surface area contributed by atoms with Gasteiger partial charge in [0.2, 0.25) is 0 Å². The van der Waals surface area contributed by atoms with Crippen LogP contribution in [0.3, 0.4) is 0 Å². The predicted molar refractivity (Wildman–Crippen MR) is 116 cm³/mol. The molecular formula is C19H14ClF2N9OS. The van der Waals surface area contributed by atoms with Crippen LogP contribution < -0.4 is 5.32 Å². The van der Waals surface area contributed by atoms with Crippen molar-refractivity contribution in [1.29, 1.82) is 0 Å². The van der Waals surface area contributed by atoms with Gasteiger partial charge < -0.3 is 5.32 Å². The smallest absolute Gasteiger partial charge is 0.282 e. The van der Waals surface area contributed by atoms with Crippen LogP contribution >= 0.6 is 22.9 Å². The summed E-state index contributed by atoms with van der Waals surface area (Å²) in [5.74, 6) is 0.0158. The molecule has 168 valence electrons. The van der Waals surface area contributed by atoms with Gasteiger partial charge in [0.25, 0.3) is 12.3 Å². The second kappa shape index (κ2) is 8.33. The third-order valence-electron chi connectivity index (χ3n) is 4.89. The highest BCUT2D eigenvalue weighted by Gasteiger charge is 2.23. The summed E-state index contributed by atoms with van der Waals surface area (Å²) in [5.41, 5.74) is 0.910. The number of hydrogen-bond donors (Lipinski definition) is 2. The van der Waals surface area contributed by atoms with Crippen LogP contribution in [0.15, 0.2) is 43.1 Å². The molecule has 0 aromatic carbocycles. The van der Waals surface area contributed by atoms with E-state index in [0.29, 0.717) is 21.5 Å². The third kappa shape index (κ3) is 3.85. The number of thiophene rings is 1. The maximum Gasteiger partial charge on any atom is 0.282 e. The van der Waals surface area contributed by atoms with E-state index in [1.54, 1.807) is 29.8 Å². The van der Waals surface area contributed by atoms with Crippen LogP contribution in [0.1, 0.15) is 41.3 Å². The lowest BCUT2D eigenvalue weighted by Gasteiger charge is -2.14. The quantitative estimate of drug-likeness (QED) is 0.374. The lowest BCUT2D eigenvalue weighted by Crippen LogP contribution is -2.28. The van der Waals surface area contributed by atoms with Gasteiger partial charge in [-0.25, -0.2) is 23.4 Å². The minimum atomic E-state index is -2.82. The summed E-state index contributed by atoms with van der Waals surface area (Å²) in [4.78, 5) is 22.3. The van der Waals surface area contributed by atoms with Gasteiger partial charge in [-0.1, -0.05) is 16.8 Å². The highest BCUT2D eigenvalue weighted by atomic mass is 35.5. The molecule has 0 aliphatic rings. The lowest BCUT2D eigenvalue weighted by molar-refractivity contribution is 0.0938. The van der Waals surface area contributed by atoms with E-state index in [4.69, 9.17) is 11.6 Å². The number of nitrogens with one attached hydrogen (secondary N) is 2. The van der Waals surface area contributed by atoms with Crippen molar-refractivity contribution < 1.29 is 13.6 Å². The summed E-state index contributed by atoms with van der Waals surface area (Å²) in [5, 5.41) is 16.7. The number of alkyl halides is 2. The summed E-state index contributed by atoms with van der Waals surface area (Å²) in [7, 11) is 0. The Morgan fingerprint density at radius 2 is 2.12 bits per heavy atom. The van der Waals surface area contributed by atoms with E-state index in [1.807, 2.05) is 6.07 Å². The van der Waals surface area contributed by atoms with Gasteiger partial charge in [-0.15, -0.1) is 16.4 Å². The van der Waals surface area contributed by atoms with Crippen LogP contribution in [0.25, 0.3) is 21.9 Å². The van der Waals surface area contributed by atoms with Crippen LogP contribution in [0, 0.1) is 0 Å². The normalized spacial score (nSPS) is 12.5. The van der Waals surface area contributed by atoms with Crippen LogP contribution in [-0.2, 0) is 0 Å². The summed E-state index contributed by atoms with van der Waals surface area (Å²) in [6, 6.07) is 4.52. The van der Waals surface area contributed by atoms with E-state index >= 15 is 0 Å². The van der Waals surface area contributed by atoms with E-state index in [1.165, 1.54) is 23.7 Å². The van der Waals surface area contributed by atoms with Crippen molar-refractivity contribution in [2.24, 2.45) is 0 Å². The second-order valence-corrected chi connectivity index (χ2v) is 8.71. The Hall–Kier alpha value is -3.71. The molecule has 1 atom stereocenters. The van der Waals surface area contributed by atoms with E-state index in [-0.39, 0.29) is 11.3 Å². The second-order valence-electron chi connectivity index (χ2n) is 6.99. The molecule has 5 aromatic heterocycles. The molecule has 0 saturated carbocycles. The maximum atomic E-state index is 13.6. The van der Waals surface area contributed by atoms with Crippen molar-refractivity contribution >= 4 is 34.5 Å². The van der Waals surface area contributed by atoms with E-state index < -0.39 is 24.1 Å². The zero-order valence-corrected chi connectivity index (χ0v) is 18.3. The molecule has 0 aliphatic carbocycles. The molecular weight excluding hydrogens is 476 g/mol. The fraction of sp³-hybridized carbons (Fsp3) is 0.158. The first-order valence-corrected chi connectivity index (χ1v) is 10.7. The number of carbonyl (C=O) groups excluding carboxylic acids is 1. The van der Waals surface area contributed by atoms with Crippen molar-refractivity contribution in [3.05, 3.63) is 64.5 Å². The molecule has 14 heteroatoms. The molecule has 1 unspecified atom stereocenters. The highest BCUT2D eigenvalue weighted by molar-refractivity contribution is 7.19. The topological polar surface area (TPSA) is 119 Å². The molecule has 33 heavy (non-hydrogen) atoms. The zero-order valence-electron chi connectivity index (χ0n) is 16.8. The molecule has 0 saturated heterocycles. The zero-order chi connectivity index (χ0) is 23.1. The molecule has 1 amide bonds. The Morgan fingerprint density at radius 1 is 1.27 bits per heavy atom. The Labute approximate surface area is 193 Å². The van der Waals surface area contributed by atoms with Crippen LogP contribution in [-0.4, -0.2) is 45.5 Å². The Kier molecular flexibility index (Phi) is 5.34. The number of H-pyrrole nitrogens is 1. The van der Waals surface area contributed by atoms with Gasteiger partial charge in [-0.05, 0) is 25.1 Å². The average molecular weight is 490 g/mol. The molecule has 10 nitrogen and oxygen atoms in total. The molecule has 0 spiro atoms. The first-order chi connectivity index (χ1) is 15.9. The van der Waals surface area contributed by atoms with Gasteiger partial charge in [-0.2, -0.15) is 5.10 Å². The number of pyridine rings is 1. The van der Waals surface area contributed by atoms with Crippen molar-refractivity contribution in [3.63, 3.8) is 0 Å². The first-order valence-electron chi connectivity index (χ1n) is 9.54. The molecule has 0 fully saturated rings. The highest BCUT2D eigenvalue weighted by Crippen LogP contribution is 2.33. The number of nitrogens with zero attached hydrogens (tertiary/aromatic N) is 7. The molecule has 2 N–H and O–H groups in total. The minimum Gasteiger partial charge on any atom is -0.342 e. The van der Waals surface area contributed by atoms with E-state index in [2.05, 4.69) is 35.8 Å². The number of fused-ring (bicyclic) bond motifs is 1. The van der Waals surface area contributed by atoms with Gasteiger partial charge in [0.05, 0.1) is 38.9 Å². The van der Waals surface area contributed by atoms with Gasteiger partial charge in [0.1, 0.15) is 23.5 Å². The van der Waals surface area contributed by atoms with Crippen molar-refractivity contribution in [3.8, 4) is 16.3 Å². The SMILES string of the molecule is CC(NC(=O)c1cc(-n2nncc2C(F)F)c2ncc(-c3ccc(Cl)s3)n2c1)c1ncn[nH]1. The van der Waals surface area contributed by atoms with Gasteiger partial charge in [0, 0.05) is 6.20 Å². The fourth-order valence-electron chi connectivity index (χ4n) is 3.33. The maximum absolute atomic E-state index is 13.6. The van der Waals surface area contributed by atoms with Crippen LogP contribution in [0.2, 0.25) is 4.34 Å². The number of carbonyl (C=O) groups is 1. The van der Waals surface area contributed by atoms with E-state index in [0.717, 1.165) is 15.8 Å². The summed E-state index contributed by atoms with van der Waals surface area (Å²) < 4.78 is 30.3. The third-order valence-corrected chi connectivity index (χ3v) is 6.15. The largest absolute Gasteiger partial charge is 0.342 e. The Bertz CT molecular complexity index is 1440. The number of aromatic amines is 1. The Morgan fingerprint density at radius 3 is 2.82 bits per heavy atom. The average Bonchev–Trinajstić information content (AvgIpc) is 3.59. The first kappa shape index (κ1) is 21.2. The number of halogens is 3. The minimum absolute atomic E-state index is 0.177. The lowest BCUT2D eigenvalue weighted by atomic mass is 10.2. The predicted octanol–water partition coefficient (Wildman–Crippen LogP) is 3.84. The summed E-state index contributed by atoms with van der Waals surface area (Å²) >= 11 is 7.41. The van der Waals surface area contributed by atoms with Crippen molar-refractivity contribution in [2.75, 3.05) is 0 Å². The molecule has 5 rings (SSSR count). The van der Waals surface area contributed by atoms with Gasteiger partial charge in [-0.3, -0.25) is 14.3 Å². The summed E-state index contributed by atoms with van der Waals surface area (Å²) in [6.07, 6.45) is 2.65. The number of imidazole rings is 1. The van der Waals surface area contributed by atoms with Gasteiger partial charge >= 0.3 is 0 Å². The Balaban J connectivity index is 1.66. The monoisotopic (exact) mass is 489 g/mol. The number of hydrogen-bond acceptors (Lipinski definition) is 7.